The molecule has 0 fully saturated rings. The van der Waals surface area contributed by atoms with Crippen LogP contribution in [-0.2, 0) is 28.7 Å². The summed E-state index contributed by atoms with van der Waals surface area (Å²) < 4.78 is 34.8. The monoisotopic (exact) mass is 547 g/mol. The Morgan fingerprint density at radius 1 is 0.895 bits per heavy atom. The van der Waals surface area contributed by atoms with E-state index in [2.05, 4.69) is 9.50 Å². The van der Waals surface area contributed by atoms with Crippen LogP contribution in [-0.4, -0.2) is 42.9 Å². The third-order valence-corrected chi connectivity index (χ3v) is 5.38. The lowest BCUT2D eigenvalue weighted by molar-refractivity contribution is -0.645. The fraction of sp³-hybridized carbons (Fsp3) is 0.269. The maximum Gasteiger partial charge on any atom is 0.254 e. The molecule has 0 saturated heterocycles. The number of phenols is 2. The van der Waals surface area contributed by atoms with Crippen LogP contribution in [0.3, 0.4) is 0 Å². The number of para-hydroxylation sites is 2. The number of benzene rings is 2. The first kappa shape index (κ1) is 32.0. The average Bonchev–Trinajstić information content (AvgIpc) is 2.85. The number of nitrogens with one attached hydrogen (secondary N) is 1. The van der Waals surface area contributed by atoms with E-state index in [0.29, 0.717) is 18.0 Å². The van der Waals surface area contributed by atoms with Gasteiger partial charge in [0.05, 0.1) is 17.9 Å². The minimum absolute atomic E-state index is 0.329. The molecule has 0 unspecified atom stereocenters. The number of phenolic OH excluding ortho intramolecular Hbond substituents is 2. The number of aryl methyl sites for hydroxylation is 2. The summed E-state index contributed by atoms with van der Waals surface area (Å²) in [6, 6.07) is 18.9. The molecule has 2 aromatic heterocycles. The summed E-state index contributed by atoms with van der Waals surface area (Å²) in [6.07, 6.45) is 4.54. The number of amides is 1. The van der Waals surface area contributed by atoms with Crippen molar-refractivity contribution in [1.29, 1.82) is 0 Å². The number of carbonyl (C=O) groups is 1. The molecule has 0 saturated carbocycles. The highest BCUT2D eigenvalue weighted by Gasteiger charge is 2.08. The summed E-state index contributed by atoms with van der Waals surface area (Å²) in [5.41, 5.74) is 1.75. The molecule has 2 heterocycles. The molecule has 1 amide bonds. The first-order chi connectivity index (χ1) is 17.9. The molecule has 4 rings (SSSR count). The standard InChI is InChI=1S/2C10H9NO.C5H11NO2.CH4O4S/c2*1-11-7-3-5-8-4-2-6-9(12)10(8)11;1-2-3-4-6-5(7)8;1-5-6(2,3)4/h2*2-7H,1H3;6H,2-4H2,1H3,(H,7,8);1H3,(H,2,3,4). The molecule has 3 N–H and O–H groups in total. The number of nitrogens with zero attached hydrogens (tertiary/aromatic N) is 2. The van der Waals surface area contributed by atoms with Crippen molar-refractivity contribution in [2.45, 2.75) is 19.8 Å². The van der Waals surface area contributed by atoms with Crippen LogP contribution in [0.5, 0.6) is 11.5 Å². The maximum atomic E-state index is 9.65. The highest BCUT2D eigenvalue weighted by molar-refractivity contribution is 7.80. The van der Waals surface area contributed by atoms with Crippen LogP contribution in [0.15, 0.2) is 73.1 Å². The van der Waals surface area contributed by atoms with E-state index in [1.165, 1.54) is 0 Å². The van der Waals surface area contributed by atoms with Gasteiger partial charge >= 0.3 is 0 Å². The van der Waals surface area contributed by atoms with Gasteiger partial charge in [0.15, 0.2) is 23.9 Å². The van der Waals surface area contributed by atoms with Gasteiger partial charge in [-0.2, -0.15) is 9.13 Å². The lowest BCUT2D eigenvalue weighted by atomic mass is 10.2. The van der Waals surface area contributed by atoms with Gasteiger partial charge < -0.3 is 30.0 Å². The predicted octanol–water partition coefficient (Wildman–Crippen LogP) is 1.55. The summed E-state index contributed by atoms with van der Waals surface area (Å²) >= 11 is 0. The van der Waals surface area contributed by atoms with Crippen molar-refractivity contribution in [2.75, 3.05) is 13.7 Å². The number of aromatic hydroxyl groups is 2. The summed E-state index contributed by atoms with van der Waals surface area (Å²) in [4.78, 5) is 9.65. The Hall–Kier alpha value is -4.00. The van der Waals surface area contributed by atoms with Crippen molar-refractivity contribution >= 4 is 38.3 Å². The number of hydrogen-bond acceptors (Lipinski definition) is 8. The first-order valence-electron chi connectivity index (χ1n) is 11.5. The molecule has 0 aliphatic carbocycles. The molecule has 0 aliphatic rings. The zero-order valence-corrected chi connectivity index (χ0v) is 22.5. The normalized spacial score (nSPS) is 10.2. The van der Waals surface area contributed by atoms with Gasteiger partial charge in [-0.05, 0) is 42.8 Å². The number of carboxylic acid groups (broad SMARTS) is 1. The van der Waals surface area contributed by atoms with Crippen molar-refractivity contribution in [1.82, 2.24) is 5.32 Å². The van der Waals surface area contributed by atoms with Gasteiger partial charge in [-0.15, -0.1) is 0 Å². The third-order valence-electron chi connectivity index (χ3n) is 4.97. The van der Waals surface area contributed by atoms with Crippen LogP contribution < -0.4 is 19.6 Å². The Balaban J connectivity index is 0.000000264. The summed E-state index contributed by atoms with van der Waals surface area (Å²) in [5, 5.41) is 33.0. The molecule has 0 bridgehead atoms. The van der Waals surface area contributed by atoms with E-state index in [0.717, 1.165) is 41.8 Å². The Labute approximate surface area is 222 Å². The summed E-state index contributed by atoms with van der Waals surface area (Å²) in [5.74, 6) is 0.659. The van der Waals surface area contributed by atoms with Gasteiger partial charge in [-0.25, -0.2) is 8.42 Å². The van der Waals surface area contributed by atoms with Crippen LogP contribution in [0.4, 0.5) is 4.79 Å². The van der Waals surface area contributed by atoms with Gasteiger partial charge in [-0.1, -0.05) is 25.5 Å². The minimum Gasteiger partial charge on any atom is -0.726 e. The number of rotatable bonds is 4. The molecule has 0 aliphatic heterocycles. The Kier molecular flexibility index (Phi) is 13.5. The van der Waals surface area contributed by atoms with Gasteiger partial charge in [0.25, 0.3) is 11.0 Å². The number of fused-ring (bicyclic) bond motifs is 2. The molecule has 2 aromatic carbocycles. The van der Waals surface area contributed by atoms with E-state index in [1.807, 2.05) is 91.1 Å². The van der Waals surface area contributed by atoms with E-state index < -0.39 is 16.5 Å². The number of hydrogen-bond donors (Lipinski definition) is 3. The van der Waals surface area contributed by atoms with Crippen molar-refractivity contribution in [3.05, 3.63) is 73.1 Å². The molecule has 0 spiro atoms. The van der Waals surface area contributed by atoms with E-state index in [-0.39, 0.29) is 0 Å². The van der Waals surface area contributed by atoms with Gasteiger partial charge in [-0.3, -0.25) is 4.18 Å². The van der Waals surface area contributed by atoms with E-state index >= 15 is 0 Å². The van der Waals surface area contributed by atoms with Crippen molar-refractivity contribution in [3.63, 3.8) is 0 Å². The van der Waals surface area contributed by atoms with Crippen LogP contribution in [0.25, 0.3) is 21.8 Å². The minimum atomic E-state index is -4.41. The molecule has 206 valence electrons. The smallest absolute Gasteiger partial charge is 0.254 e. The number of unbranched alkanes of at least 4 members (excludes halogenated alkanes) is 1. The van der Waals surface area contributed by atoms with Crippen LogP contribution >= 0.6 is 0 Å². The Morgan fingerprint density at radius 3 is 1.61 bits per heavy atom. The summed E-state index contributed by atoms with van der Waals surface area (Å²) in [7, 11) is 0.233. The molecule has 11 nitrogen and oxygen atoms in total. The lowest BCUT2D eigenvalue weighted by Crippen LogP contribution is -2.36. The van der Waals surface area contributed by atoms with Gasteiger partial charge in [0, 0.05) is 18.7 Å². The van der Waals surface area contributed by atoms with Crippen molar-refractivity contribution < 1.29 is 46.4 Å². The second kappa shape index (κ2) is 16.0. The zero-order chi connectivity index (χ0) is 28.7. The SMILES string of the molecule is CCCCNC(=O)[O-].COS(=O)(=O)[O-].C[n+]1cccc2cccc(O)c21.C[n+]1cccc2cccc(O)c21. The lowest BCUT2D eigenvalue weighted by Gasteiger charge is -2.02. The molecular formula is C26H33N3O8S. The molecule has 0 atom stereocenters. The van der Waals surface area contributed by atoms with Crippen LogP contribution in [0, 0.1) is 0 Å². The van der Waals surface area contributed by atoms with E-state index in [1.54, 1.807) is 12.1 Å². The average molecular weight is 548 g/mol. The second-order valence-electron chi connectivity index (χ2n) is 7.81. The van der Waals surface area contributed by atoms with Crippen molar-refractivity contribution in [3.8, 4) is 11.5 Å². The first-order valence-corrected chi connectivity index (χ1v) is 12.8. The van der Waals surface area contributed by atoms with E-state index in [9.17, 15) is 33.1 Å². The number of aromatic nitrogens is 2. The Morgan fingerprint density at radius 2 is 1.29 bits per heavy atom. The fourth-order valence-electron chi connectivity index (χ4n) is 3.20. The quantitative estimate of drug-likeness (QED) is 0.150. The molecule has 12 heteroatoms. The predicted molar refractivity (Wildman–Crippen MR) is 139 cm³/mol. The second-order valence-corrected chi connectivity index (χ2v) is 8.96. The van der Waals surface area contributed by atoms with Crippen LogP contribution in [0.1, 0.15) is 19.8 Å². The molecule has 38 heavy (non-hydrogen) atoms. The molecule has 4 aromatic rings. The third kappa shape index (κ3) is 11.4. The van der Waals surface area contributed by atoms with E-state index in [4.69, 9.17) is 0 Å². The van der Waals surface area contributed by atoms with Crippen molar-refractivity contribution in [2.24, 2.45) is 14.1 Å². The highest BCUT2D eigenvalue weighted by Crippen LogP contribution is 2.20. The Bertz CT molecular complexity index is 1270. The maximum absolute atomic E-state index is 9.65. The topological polar surface area (TPSA) is 167 Å². The van der Waals surface area contributed by atoms with Crippen LogP contribution in [0.2, 0.25) is 0 Å². The van der Waals surface area contributed by atoms with Gasteiger partial charge in [0.2, 0.25) is 10.4 Å². The molecular weight excluding hydrogens is 514 g/mol. The number of pyridine rings is 2. The zero-order valence-electron chi connectivity index (χ0n) is 21.7. The largest absolute Gasteiger partial charge is 0.726 e. The van der Waals surface area contributed by atoms with Gasteiger partial charge in [0.1, 0.15) is 20.2 Å². The highest BCUT2D eigenvalue weighted by atomic mass is 32.3. The summed E-state index contributed by atoms with van der Waals surface area (Å²) in [6.45, 7) is 2.51. The fourth-order valence-corrected chi connectivity index (χ4v) is 3.20. The molecule has 0 radical (unpaired) electrons. The number of carbonyl (C=O) groups excluding carboxylic acids is 1.